The van der Waals surface area contributed by atoms with Gasteiger partial charge in [-0.25, -0.2) is 13.9 Å². The first-order valence-electron chi connectivity index (χ1n) is 8.32. The number of rotatable bonds is 6. The van der Waals surface area contributed by atoms with E-state index in [1.807, 2.05) is 32.9 Å². The lowest BCUT2D eigenvalue weighted by Crippen LogP contribution is -2.31. The number of carbonyl (C=O) groups is 1. The molecular weight excluding hydrogens is 353 g/mol. The third kappa shape index (κ3) is 4.19. The number of carbonyl (C=O) groups excluding carboxylic acids is 1. The Bertz CT molecular complexity index is 942. The fourth-order valence-corrected chi connectivity index (χ4v) is 3.38. The van der Waals surface area contributed by atoms with Crippen LogP contribution in [0.15, 0.2) is 35.5 Å². The minimum Gasteiger partial charge on any atom is -0.338 e. The Labute approximate surface area is 155 Å². The van der Waals surface area contributed by atoms with Gasteiger partial charge in [0.15, 0.2) is 0 Å². The number of aromatic nitrogens is 4. The van der Waals surface area contributed by atoms with Gasteiger partial charge < -0.3 is 4.90 Å². The van der Waals surface area contributed by atoms with E-state index in [2.05, 4.69) is 15.1 Å². The molecule has 6 nitrogen and oxygen atoms in total. The summed E-state index contributed by atoms with van der Waals surface area (Å²) in [5.74, 6) is 0.413. The van der Waals surface area contributed by atoms with E-state index in [0.717, 1.165) is 17.0 Å². The Morgan fingerprint density at radius 2 is 2.08 bits per heavy atom. The summed E-state index contributed by atoms with van der Waals surface area (Å²) in [6.07, 6.45) is 0. The molecule has 0 N–H and O–H groups in total. The molecule has 0 saturated heterocycles. The van der Waals surface area contributed by atoms with Crippen molar-refractivity contribution in [3.05, 3.63) is 53.1 Å². The van der Waals surface area contributed by atoms with E-state index < -0.39 is 0 Å². The zero-order valence-corrected chi connectivity index (χ0v) is 15.8. The molecule has 8 heteroatoms. The quantitative estimate of drug-likeness (QED) is 0.622. The van der Waals surface area contributed by atoms with Crippen LogP contribution in [0.1, 0.15) is 23.9 Å². The van der Waals surface area contributed by atoms with Gasteiger partial charge >= 0.3 is 0 Å². The average Bonchev–Trinajstić information content (AvgIpc) is 3.01. The second kappa shape index (κ2) is 7.82. The molecule has 3 aromatic rings. The predicted octanol–water partition coefficient (Wildman–Crippen LogP) is 3.02. The molecule has 0 fully saturated rings. The molecule has 0 aliphatic heterocycles. The largest absolute Gasteiger partial charge is 0.338 e. The van der Waals surface area contributed by atoms with Gasteiger partial charge in [0, 0.05) is 24.5 Å². The van der Waals surface area contributed by atoms with Gasteiger partial charge in [0.1, 0.15) is 5.82 Å². The van der Waals surface area contributed by atoms with E-state index in [9.17, 15) is 9.18 Å². The van der Waals surface area contributed by atoms with Crippen molar-refractivity contribution >= 4 is 23.4 Å². The van der Waals surface area contributed by atoms with Gasteiger partial charge in [-0.15, -0.1) is 5.10 Å². The van der Waals surface area contributed by atoms with Crippen LogP contribution >= 0.6 is 11.8 Å². The molecule has 0 aliphatic rings. The zero-order chi connectivity index (χ0) is 18.7. The average molecular weight is 373 g/mol. The highest BCUT2D eigenvalue weighted by Gasteiger charge is 2.15. The lowest BCUT2D eigenvalue weighted by molar-refractivity contribution is -0.128. The third-order valence-electron chi connectivity index (χ3n) is 3.92. The molecule has 2 heterocycles. The Hall–Kier alpha value is -2.48. The number of amides is 1. The summed E-state index contributed by atoms with van der Waals surface area (Å²) < 4.78 is 15.0. The predicted molar refractivity (Wildman–Crippen MR) is 98.5 cm³/mol. The SMILES string of the molecule is CCN(Cc1cccc(F)c1)C(=O)CSc1nc2nc(C)cc(C)n2n1. The minimum absolute atomic E-state index is 0.0403. The molecule has 0 spiro atoms. The molecule has 26 heavy (non-hydrogen) atoms. The maximum Gasteiger partial charge on any atom is 0.253 e. The van der Waals surface area contributed by atoms with Crippen molar-refractivity contribution in [2.75, 3.05) is 12.3 Å². The number of hydrogen-bond acceptors (Lipinski definition) is 5. The second-order valence-corrected chi connectivity index (χ2v) is 6.91. The fraction of sp³-hybridized carbons (Fsp3) is 0.333. The van der Waals surface area contributed by atoms with Crippen LogP contribution in [0.5, 0.6) is 0 Å². The number of aryl methyl sites for hydroxylation is 2. The summed E-state index contributed by atoms with van der Waals surface area (Å²) in [5.41, 5.74) is 2.59. The first kappa shape index (κ1) is 18.3. The van der Waals surface area contributed by atoms with Crippen molar-refractivity contribution in [2.24, 2.45) is 0 Å². The number of nitrogens with zero attached hydrogens (tertiary/aromatic N) is 5. The first-order chi connectivity index (χ1) is 12.5. The summed E-state index contributed by atoms with van der Waals surface area (Å²) in [7, 11) is 0. The summed E-state index contributed by atoms with van der Waals surface area (Å²) in [6.45, 7) is 6.68. The van der Waals surface area contributed by atoms with Crippen molar-refractivity contribution in [1.82, 2.24) is 24.5 Å². The van der Waals surface area contributed by atoms with Crippen LogP contribution in [0.3, 0.4) is 0 Å². The van der Waals surface area contributed by atoms with E-state index in [0.29, 0.717) is 24.0 Å². The van der Waals surface area contributed by atoms with Crippen molar-refractivity contribution in [2.45, 2.75) is 32.5 Å². The lowest BCUT2D eigenvalue weighted by atomic mass is 10.2. The Morgan fingerprint density at radius 3 is 2.81 bits per heavy atom. The summed E-state index contributed by atoms with van der Waals surface area (Å²) in [6, 6.07) is 8.23. The van der Waals surface area contributed by atoms with Gasteiger partial charge in [-0.1, -0.05) is 23.9 Å². The van der Waals surface area contributed by atoms with Gasteiger partial charge in [-0.05, 0) is 44.5 Å². The van der Waals surface area contributed by atoms with Crippen molar-refractivity contribution in [3.8, 4) is 0 Å². The van der Waals surface area contributed by atoms with Crippen LogP contribution < -0.4 is 0 Å². The highest BCUT2D eigenvalue weighted by Crippen LogP contribution is 2.17. The second-order valence-electron chi connectivity index (χ2n) is 5.97. The smallest absolute Gasteiger partial charge is 0.253 e. The Kier molecular flexibility index (Phi) is 5.51. The first-order valence-corrected chi connectivity index (χ1v) is 9.31. The molecule has 0 aliphatic carbocycles. The van der Waals surface area contributed by atoms with Crippen molar-refractivity contribution < 1.29 is 9.18 Å². The molecule has 0 saturated carbocycles. The summed E-state index contributed by atoms with van der Waals surface area (Å²) in [5, 5.41) is 4.91. The molecule has 2 aromatic heterocycles. The zero-order valence-electron chi connectivity index (χ0n) is 14.9. The minimum atomic E-state index is -0.299. The molecule has 0 radical (unpaired) electrons. The van der Waals surface area contributed by atoms with E-state index >= 15 is 0 Å². The van der Waals surface area contributed by atoms with Crippen LogP contribution in [-0.2, 0) is 11.3 Å². The van der Waals surface area contributed by atoms with Crippen LogP contribution in [0.2, 0.25) is 0 Å². The summed E-state index contributed by atoms with van der Waals surface area (Å²) >= 11 is 1.28. The molecule has 1 amide bonds. The number of thioether (sulfide) groups is 1. The maximum atomic E-state index is 13.3. The molecule has 0 atom stereocenters. The Balaban J connectivity index is 1.66. The van der Waals surface area contributed by atoms with Crippen LogP contribution in [-0.4, -0.2) is 42.7 Å². The molecule has 136 valence electrons. The lowest BCUT2D eigenvalue weighted by Gasteiger charge is -2.20. The van der Waals surface area contributed by atoms with E-state index in [1.54, 1.807) is 15.5 Å². The Morgan fingerprint density at radius 1 is 1.27 bits per heavy atom. The van der Waals surface area contributed by atoms with E-state index in [1.165, 1.54) is 23.9 Å². The third-order valence-corrected chi connectivity index (χ3v) is 4.74. The van der Waals surface area contributed by atoms with Gasteiger partial charge in [0.2, 0.25) is 11.1 Å². The fourth-order valence-electron chi connectivity index (χ4n) is 2.66. The maximum absolute atomic E-state index is 13.3. The van der Waals surface area contributed by atoms with Crippen molar-refractivity contribution in [3.63, 3.8) is 0 Å². The topological polar surface area (TPSA) is 63.4 Å². The highest BCUT2D eigenvalue weighted by atomic mass is 32.2. The van der Waals surface area contributed by atoms with E-state index in [4.69, 9.17) is 0 Å². The molecular formula is C18H20FN5OS. The molecule has 0 unspecified atom stereocenters. The number of fused-ring (bicyclic) bond motifs is 1. The van der Waals surface area contributed by atoms with Crippen LogP contribution in [0.25, 0.3) is 5.78 Å². The summed E-state index contributed by atoms with van der Waals surface area (Å²) in [4.78, 5) is 22.9. The molecule has 3 rings (SSSR count). The number of hydrogen-bond donors (Lipinski definition) is 0. The highest BCUT2D eigenvalue weighted by molar-refractivity contribution is 7.99. The van der Waals surface area contributed by atoms with Gasteiger partial charge in [-0.2, -0.15) is 4.98 Å². The standard InChI is InChI=1S/C18H20FN5OS/c1-4-23(10-14-6-5-7-15(19)9-14)16(25)11-26-18-21-17-20-12(2)8-13(3)24(17)22-18/h5-9H,4,10-11H2,1-3H3. The van der Waals surface area contributed by atoms with E-state index in [-0.39, 0.29) is 17.5 Å². The normalized spacial score (nSPS) is 11.1. The van der Waals surface area contributed by atoms with Gasteiger partial charge in [0.25, 0.3) is 5.78 Å². The van der Waals surface area contributed by atoms with Gasteiger partial charge in [-0.3, -0.25) is 4.79 Å². The van der Waals surface area contributed by atoms with Crippen LogP contribution in [0.4, 0.5) is 4.39 Å². The number of halogens is 1. The van der Waals surface area contributed by atoms with Crippen LogP contribution in [0, 0.1) is 19.7 Å². The number of benzene rings is 1. The van der Waals surface area contributed by atoms with Crippen molar-refractivity contribution in [1.29, 1.82) is 0 Å². The molecule has 0 bridgehead atoms. The van der Waals surface area contributed by atoms with Gasteiger partial charge in [0.05, 0.1) is 5.75 Å². The monoisotopic (exact) mass is 373 g/mol. The molecule has 1 aromatic carbocycles.